The Balaban J connectivity index is 2.80. The van der Waals surface area contributed by atoms with Crippen LogP contribution in [-0.4, -0.2) is 38.4 Å². The predicted octanol–water partition coefficient (Wildman–Crippen LogP) is 19.4. The van der Waals surface area contributed by atoms with Crippen LogP contribution in [0.15, 0.2) is 24.3 Å². The van der Waals surface area contributed by atoms with Crippen LogP contribution in [-0.2, 0) is 14.3 Å². The van der Waals surface area contributed by atoms with Crippen molar-refractivity contribution in [3.05, 3.63) is 57.6 Å². The van der Waals surface area contributed by atoms with Gasteiger partial charge in [-0.25, -0.2) is 0 Å². The third kappa shape index (κ3) is 22.6. The quantitative estimate of drug-likeness (QED) is 0.0492. The fourth-order valence-corrected chi connectivity index (χ4v) is 50.2. The third-order valence-corrected chi connectivity index (χ3v) is 46.4. The van der Waals surface area contributed by atoms with Crippen molar-refractivity contribution in [3.8, 4) is 11.5 Å². The average Bonchev–Trinajstić information content (AvgIpc) is 3.26. The fourth-order valence-electron chi connectivity index (χ4n) is 9.34. The van der Waals surface area contributed by atoms with Crippen LogP contribution in [0.2, 0.25) is 17.7 Å². The van der Waals surface area contributed by atoms with E-state index in [0.29, 0.717) is 0 Å². The Hall–Kier alpha value is -0.403. The molecule has 61 heavy (non-hydrogen) atoms. The molecule has 0 bridgehead atoms. The SMILES string of the molecule is CCCCCCC[CH2][Sn]([CH2]CCCCCCC)([O]c1ccc(CCCC)c(C)c1C)[O][Sn]([CH2]CCCCCCC)([CH2]CCCCCCC)[O]c1ccc(CCCC)c(C)c1C. The summed E-state index contributed by atoms with van der Waals surface area (Å²) in [6, 6.07) is 9.55. The monoisotopic (exact) mass is 1060 g/mol. The van der Waals surface area contributed by atoms with E-state index in [0.717, 1.165) is 42.1 Å². The van der Waals surface area contributed by atoms with Crippen molar-refractivity contribution in [2.45, 2.75) is 280 Å². The van der Waals surface area contributed by atoms with Gasteiger partial charge in [-0.3, -0.25) is 0 Å². The molecule has 0 aliphatic carbocycles. The van der Waals surface area contributed by atoms with E-state index in [1.807, 2.05) is 0 Å². The molecule has 0 atom stereocenters. The van der Waals surface area contributed by atoms with Crippen LogP contribution in [0, 0.1) is 27.7 Å². The van der Waals surface area contributed by atoms with Gasteiger partial charge in [-0.1, -0.05) is 0 Å². The molecule has 2 aromatic carbocycles. The molecule has 0 saturated carbocycles. The summed E-state index contributed by atoms with van der Waals surface area (Å²) in [6.45, 7) is 23.4. The molecule has 0 fully saturated rings. The van der Waals surface area contributed by atoms with Crippen molar-refractivity contribution >= 4 is 38.4 Å². The van der Waals surface area contributed by atoms with Gasteiger partial charge in [0.15, 0.2) is 0 Å². The Kier molecular flexibility index (Phi) is 32.4. The number of hydrogen-bond acceptors (Lipinski definition) is 3. The van der Waals surface area contributed by atoms with Crippen LogP contribution < -0.4 is 6.15 Å². The van der Waals surface area contributed by atoms with Gasteiger partial charge >= 0.3 is 395 Å². The molecule has 2 aromatic rings. The van der Waals surface area contributed by atoms with Gasteiger partial charge in [0.2, 0.25) is 0 Å². The molecular weight excluding hydrogens is 958 g/mol. The summed E-state index contributed by atoms with van der Waals surface area (Å²) in [5.74, 6) is 2.27. The van der Waals surface area contributed by atoms with Gasteiger partial charge in [-0.15, -0.1) is 0 Å². The van der Waals surface area contributed by atoms with Crippen molar-refractivity contribution in [2.75, 3.05) is 0 Å². The topological polar surface area (TPSA) is 27.7 Å². The van der Waals surface area contributed by atoms with Crippen molar-refractivity contribution < 1.29 is 7.56 Å². The Morgan fingerprint density at radius 3 is 0.852 bits per heavy atom. The summed E-state index contributed by atoms with van der Waals surface area (Å²) in [5, 5.41) is 0. The standard InChI is InChI=1S/2C12H18O.4C8H17.O.2Sn/c2*1-4-5-6-11-7-8-12(13)10(3)9(11)2;4*1-3-5-7-8-6-4-2;;;/h2*7-8,13H,4-6H2,1-3H3;4*1,3-8H2,2H3;;;/q;;;;;;;2*+1/p-2. The van der Waals surface area contributed by atoms with Crippen molar-refractivity contribution in [1.29, 1.82) is 0 Å². The van der Waals surface area contributed by atoms with E-state index < -0.39 is 38.4 Å². The molecular formula is C56H102O3Sn2. The first-order chi connectivity index (χ1) is 29.6. The van der Waals surface area contributed by atoms with Gasteiger partial charge in [-0.05, 0) is 0 Å². The van der Waals surface area contributed by atoms with Gasteiger partial charge in [0, 0.05) is 0 Å². The molecule has 0 aliphatic rings. The van der Waals surface area contributed by atoms with Crippen LogP contribution in [0.25, 0.3) is 0 Å². The van der Waals surface area contributed by atoms with Crippen molar-refractivity contribution in [1.82, 2.24) is 0 Å². The predicted molar refractivity (Wildman–Crippen MR) is 276 cm³/mol. The third-order valence-electron chi connectivity index (χ3n) is 13.9. The van der Waals surface area contributed by atoms with E-state index in [1.165, 1.54) is 213 Å². The normalized spacial score (nSPS) is 12.1. The Bertz CT molecular complexity index is 1250. The van der Waals surface area contributed by atoms with E-state index in [1.54, 1.807) is 0 Å². The number of hydrogen-bond donors (Lipinski definition) is 0. The molecule has 352 valence electrons. The molecule has 0 amide bonds. The summed E-state index contributed by atoms with van der Waals surface area (Å²) in [4.78, 5) is 0. The molecule has 0 aromatic heterocycles. The van der Waals surface area contributed by atoms with Gasteiger partial charge in [-0.2, -0.15) is 0 Å². The summed E-state index contributed by atoms with van der Waals surface area (Å²) in [7, 11) is 0. The van der Waals surface area contributed by atoms with Gasteiger partial charge < -0.3 is 0 Å². The van der Waals surface area contributed by atoms with Gasteiger partial charge in [0.25, 0.3) is 0 Å². The summed E-state index contributed by atoms with van der Waals surface area (Å²) >= 11 is -7.81. The van der Waals surface area contributed by atoms with E-state index in [-0.39, 0.29) is 0 Å². The van der Waals surface area contributed by atoms with Crippen LogP contribution in [0.5, 0.6) is 11.5 Å². The molecule has 0 aliphatic heterocycles. The zero-order chi connectivity index (χ0) is 44.6. The fraction of sp³-hybridized carbons (Fsp3) is 0.786. The summed E-state index contributed by atoms with van der Waals surface area (Å²) in [5.41, 5.74) is 8.57. The minimum absolute atomic E-state index is 1.14. The Labute approximate surface area is 391 Å². The molecule has 0 unspecified atom stereocenters. The molecule has 0 heterocycles. The van der Waals surface area contributed by atoms with Crippen LogP contribution >= 0.6 is 0 Å². The van der Waals surface area contributed by atoms with E-state index in [2.05, 4.69) is 93.5 Å². The average molecular weight is 1060 g/mol. The first-order valence-electron chi connectivity index (χ1n) is 26.9. The molecule has 5 heteroatoms. The number of unbranched alkanes of at least 4 members (excludes halogenated alkanes) is 22. The Morgan fingerprint density at radius 2 is 0.574 bits per heavy atom. The number of benzene rings is 2. The van der Waals surface area contributed by atoms with Gasteiger partial charge in [0.05, 0.1) is 0 Å². The van der Waals surface area contributed by atoms with E-state index in [9.17, 15) is 0 Å². The van der Waals surface area contributed by atoms with Gasteiger partial charge in [0.1, 0.15) is 0 Å². The number of aryl methyl sites for hydroxylation is 2. The molecule has 0 radical (unpaired) electrons. The molecule has 0 spiro atoms. The van der Waals surface area contributed by atoms with Crippen LogP contribution in [0.4, 0.5) is 0 Å². The van der Waals surface area contributed by atoms with Crippen molar-refractivity contribution in [2.24, 2.45) is 0 Å². The Morgan fingerprint density at radius 1 is 0.311 bits per heavy atom. The first kappa shape index (κ1) is 56.7. The second-order valence-electron chi connectivity index (χ2n) is 19.4. The second-order valence-corrected chi connectivity index (χ2v) is 41.1. The molecule has 0 saturated heterocycles. The maximum absolute atomic E-state index is 8.50. The van der Waals surface area contributed by atoms with Crippen molar-refractivity contribution in [3.63, 3.8) is 0 Å². The second kappa shape index (κ2) is 34.9. The van der Waals surface area contributed by atoms with E-state index >= 15 is 0 Å². The molecule has 2 rings (SSSR count). The molecule has 0 N–H and O–H groups in total. The number of rotatable bonds is 40. The zero-order valence-electron chi connectivity index (χ0n) is 42.6. The summed E-state index contributed by atoms with van der Waals surface area (Å²) in [6.07, 6.45) is 38.7. The zero-order valence-corrected chi connectivity index (χ0v) is 48.3. The van der Waals surface area contributed by atoms with E-state index in [4.69, 9.17) is 7.56 Å². The van der Waals surface area contributed by atoms with Crippen LogP contribution in [0.3, 0.4) is 0 Å². The molecule has 3 nitrogen and oxygen atoms in total. The summed E-state index contributed by atoms with van der Waals surface area (Å²) < 4.78 is 29.0. The maximum atomic E-state index is 8.50. The first-order valence-corrected chi connectivity index (χ1v) is 39.6. The van der Waals surface area contributed by atoms with Crippen LogP contribution in [0.1, 0.15) is 255 Å². The minimum atomic E-state index is -3.91.